The molecule has 0 bridgehead atoms. The van der Waals surface area contributed by atoms with Crippen molar-refractivity contribution in [2.24, 2.45) is 0 Å². The van der Waals surface area contributed by atoms with Crippen molar-refractivity contribution in [1.82, 2.24) is 0 Å². The third-order valence-electron chi connectivity index (χ3n) is 3.74. The number of rotatable bonds is 15. The highest BCUT2D eigenvalue weighted by Crippen LogP contribution is 2.12. The van der Waals surface area contributed by atoms with Crippen LogP contribution in [0, 0.1) is 0 Å². The van der Waals surface area contributed by atoms with E-state index in [0.29, 0.717) is 11.5 Å². The molecule has 0 rings (SSSR count). The van der Waals surface area contributed by atoms with Crippen LogP contribution in [0.4, 0.5) is 0 Å². The lowest BCUT2D eigenvalue weighted by molar-refractivity contribution is -0.116. The summed E-state index contributed by atoms with van der Waals surface area (Å²) in [4.78, 5) is 11.0. The van der Waals surface area contributed by atoms with E-state index in [1.807, 2.05) is 0 Å². The molecule has 0 atom stereocenters. The van der Waals surface area contributed by atoms with Crippen molar-refractivity contribution in [3.63, 3.8) is 0 Å². The SMILES string of the molecule is CCCCCCCCCCCCCCCC(=O)CS. The molecule has 0 aliphatic heterocycles. The molecule has 114 valence electrons. The first-order valence-electron chi connectivity index (χ1n) is 8.43. The van der Waals surface area contributed by atoms with Crippen molar-refractivity contribution in [1.29, 1.82) is 0 Å². The predicted molar refractivity (Wildman–Crippen MR) is 89.2 cm³/mol. The van der Waals surface area contributed by atoms with Crippen LogP contribution in [-0.2, 0) is 4.79 Å². The van der Waals surface area contributed by atoms with Crippen molar-refractivity contribution in [3.05, 3.63) is 0 Å². The highest BCUT2D eigenvalue weighted by molar-refractivity contribution is 7.81. The van der Waals surface area contributed by atoms with Crippen LogP contribution >= 0.6 is 12.6 Å². The fraction of sp³-hybridized carbons (Fsp3) is 0.941. The molecular weight excluding hydrogens is 252 g/mol. The molecule has 0 aromatic rings. The van der Waals surface area contributed by atoms with Crippen LogP contribution in [0.2, 0.25) is 0 Å². The molecule has 0 amide bonds. The van der Waals surface area contributed by atoms with Crippen LogP contribution < -0.4 is 0 Å². The molecule has 2 heteroatoms. The minimum atomic E-state index is 0.298. The normalized spacial score (nSPS) is 10.8. The fourth-order valence-electron chi connectivity index (χ4n) is 2.42. The number of ketones is 1. The number of hydrogen-bond acceptors (Lipinski definition) is 2. The Balaban J connectivity index is 2.97. The van der Waals surface area contributed by atoms with E-state index >= 15 is 0 Å². The molecule has 0 aromatic heterocycles. The van der Waals surface area contributed by atoms with Crippen LogP contribution in [0.3, 0.4) is 0 Å². The maximum Gasteiger partial charge on any atom is 0.142 e. The average Bonchev–Trinajstić information content (AvgIpc) is 2.43. The number of unbranched alkanes of at least 4 members (excludes halogenated alkanes) is 12. The summed E-state index contributed by atoms with van der Waals surface area (Å²) in [6.45, 7) is 2.27. The predicted octanol–water partition coefficient (Wildman–Crippen LogP) is 5.97. The van der Waals surface area contributed by atoms with Gasteiger partial charge in [0.2, 0.25) is 0 Å². The number of thiol groups is 1. The molecule has 0 saturated carbocycles. The van der Waals surface area contributed by atoms with Gasteiger partial charge < -0.3 is 0 Å². The third kappa shape index (κ3) is 16.0. The summed E-state index contributed by atoms with van der Waals surface area (Å²) in [5, 5.41) is 0. The van der Waals surface area contributed by atoms with Gasteiger partial charge in [0.15, 0.2) is 0 Å². The van der Waals surface area contributed by atoms with Crippen LogP contribution in [0.15, 0.2) is 0 Å². The number of hydrogen-bond donors (Lipinski definition) is 1. The molecule has 19 heavy (non-hydrogen) atoms. The number of carbonyl (C=O) groups excluding carboxylic acids is 1. The topological polar surface area (TPSA) is 17.1 Å². The molecule has 0 aromatic carbocycles. The van der Waals surface area contributed by atoms with Crippen LogP contribution in [-0.4, -0.2) is 11.5 Å². The molecule has 0 heterocycles. The quantitative estimate of drug-likeness (QED) is 0.290. The summed E-state index contributed by atoms with van der Waals surface area (Å²) < 4.78 is 0. The van der Waals surface area contributed by atoms with Crippen molar-refractivity contribution in [3.8, 4) is 0 Å². The average molecular weight is 287 g/mol. The number of Topliss-reactive ketones (excluding diaryl/α,β-unsaturated/α-hetero) is 1. The van der Waals surface area contributed by atoms with E-state index in [-0.39, 0.29) is 0 Å². The molecule has 0 N–H and O–H groups in total. The first-order valence-corrected chi connectivity index (χ1v) is 9.07. The monoisotopic (exact) mass is 286 g/mol. The minimum Gasteiger partial charge on any atom is -0.299 e. The molecule has 1 nitrogen and oxygen atoms in total. The molecule has 0 radical (unpaired) electrons. The van der Waals surface area contributed by atoms with Crippen molar-refractivity contribution in [2.75, 3.05) is 5.75 Å². The summed E-state index contributed by atoms with van der Waals surface area (Å²) in [5.41, 5.74) is 0. The first-order chi connectivity index (χ1) is 9.31. The second kappa shape index (κ2) is 16.1. The Kier molecular flexibility index (Phi) is 16.1. The largest absolute Gasteiger partial charge is 0.299 e. The summed E-state index contributed by atoms with van der Waals surface area (Å²) in [7, 11) is 0. The Bertz CT molecular complexity index is 192. The van der Waals surface area contributed by atoms with Crippen LogP contribution in [0.5, 0.6) is 0 Å². The zero-order valence-corrected chi connectivity index (χ0v) is 13.9. The van der Waals surface area contributed by atoms with Gasteiger partial charge in [0.25, 0.3) is 0 Å². The van der Waals surface area contributed by atoms with E-state index < -0.39 is 0 Å². The van der Waals surface area contributed by atoms with Crippen LogP contribution in [0.25, 0.3) is 0 Å². The van der Waals surface area contributed by atoms with Gasteiger partial charge in [-0.3, -0.25) is 4.79 Å². The van der Waals surface area contributed by atoms with E-state index in [2.05, 4.69) is 19.6 Å². The summed E-state index contributed by atoms with van der Waals surface area (Å²) in [5.74, 6) is 0.713. The van der Waals surface area contributed by atoms with Crippen molar-refractivity contribution < 1.29 is 4.79 Å². The van der Waals surface area contributed by atoms with Crippen molar-refractivity contribution in [2.45, 2.75) is 96.8 Å². The molecule has 0 aliphatic carbocycles. The van der Waals surface area contributed by atoms with E-state index in [4.69, 9.17) is 0 Å². The zero-order chi connectivity index (χ0) is 14.2. The van der Waals surface area contributed by atoms with Gasteiger partial charge in [0.1, 0.15) is 5.78 Å². The second-order valence-corrected chi connectivity index (χ2v) is 6.01. The Morgan fingerprint density at radius 1 is 0.684 bits per heavy atom. The molecular formula is C17H34OS. The highest BCUT2D eigenvalue weighted by atomic mass is 32.1. The Morgan fingerprint density at radius 2 is 1.05 bits per heavy atom. The molecule has 0 saturated heterocycles. The maximum atomic E-state index is 11.0. The van der Waals surface area contributed by atoms with E-state index in [1.54, 1.807) is 0 Å². The molecule has 0 spiro atoms. The summed E-state index contributed by atoms with van der Waals surface area (Å²) in [6, 6.07) is 0. The van der Waals surface area contributed by atoms with Gasteiger partial charge in [-0.15, -0.1) is 0 Å². The smallest absolute Gasteiger partial charge is 0.142 e. The lowest BCUT2D eigenvalue weighted by atomic mass is 10.0. The van der Waals surface area contributed by atoms with Gasteiger partial charge in [0, 0.05) is 12.2 Å². The Morgan fingerprint density at radius 3 is 1.42 bits per heavy atom. The zero-order valence-electron chi connectivity index (χ0n) is 13.0. The lowest BCUT2D eigenvalue weighted by Gasteiger charge is -2.02. The van der Waals surface area contributed by atoms with Gasteiger partial charge in [0.05, 0.1) is 0 Å². The fourth-order valence-corrected chi connectivity index (χ4v) is 2.58. The van der Waals surface area contributed by atoms with E-state index in [0.717, 1.165) is 12.8 Å². The van der Waals surface area contributed by atoms with E-state index in [1.165, 1.54) is 77.0 Å². The second-order valence-electron chi connectivity index (χ2n) is 5.69. The van der Waals surface area contributed by atoms with Crippen LogP contribution in [0.1, 0.15) is 96.8 Å². The lowest BCUT2D eigenvalue weighted by Crippen LogP contribution is -1.98. The van der Waals surface area contributed by atoms with Gasteiger partial charge in [-0.1, -0.05) is 84.0 Å². The molecule has 0 fully saturated rings. The molecule has 0 unspecified atom stereocenters. The van der Waals surface area contributed by atoms with Gasteiger partial charge in [-0.2, -0.15) is 12.6 Å². The van der Waals surface area contributed by atoms with Crippen molar-refractivity contribution >= 4 is 18.4 Å². The summed E-state index contributed by atoms with van der Waals surface area (Å²) >= 11 is 3.98. The Hall–Kier alpha value is 0.0200. The number of carbonyl (C=O) groups is 1. The van der Waals surface area contributed by atoms with Gasteiger partial charge in [-0.05, 0) is 6.42 Å². The van der Waals surface area contributed by atoms with Gasteiger partial charge in [-0.25, -0.2) is 0 Å². The summed E-state index contributed by atoms with van der Waals surface area (Å²) in [6.07, 6.45) is 18.4. The Labute approximate surface area is 126 Å². The first kappa shape index (κ1) is 19.0. The van der Waals surface area contributed by atoms with E-state index in [9.17, 15) is 4.79 Å². The third-order valence-corrected chi connectivity index (χ3v) is 4.09. The highest BCUT2D eigenvalue weighted by Gasteiger charge is 1.98. The molecule has 0 aliphatic rings. The van der Waals surface area contributed by atoms with Gasteiger partial charge >= 0.3 is 0 Å². The standard InChI is InChI=1S/C17H34OS/c1-2-3-4-5-6-7-8-9-10-11-12-13-14-15-17(18)16-19/h19H,2-16H2,1H3. The maximum absolute atomic E-state index is 11.0. The minimum absolute atomic E-state index is 0.298.